The van der Waals surface area contributed by atoms with Gasteiger partial charge in [-0.2, -0.15) is 0 Å². The van der Waals surface area contributed by atoms with Crippen LogP contribution in [0.15, 0.2) is 42.5 Å². The number of fused-ring (bicyclic) bond motifs is 1. The lowest BCUT2D eigenvalue weighted by atomic mass is 10.2. The number of ether oxygens (including phenoxy) is 2. The molecule has 2 aliphatic rings. The Kier molecular flexibility index (Phi) is 6.46. The minimum Gasteiger partial charge on any atom is -0.454 e. The molecule has 0 saturated carbocycles. The van der Waals surface area contributed by atoms with E-state index in [1.165, 1.54) is 37.2 Å². The first-order valence-electron chi connectivity index (χ1n) is 7.86. The van der Waals surface area contributed by atoms with Crippen LogP contribution in [0.5, 0.6) is 11.5 Å². The predicted octanol–water partition coefficient (Wildman–Crippen LogP) is 4.47. The summed E-state index contributed by atoms with van der Waals surface area (Å²) in [7, 11) is 0. The van der Waals surface area contributed by atoms with Crippen molar-refractivity contribution < 1.29 is 9.47 Å². The fraction of sp³-hybridized carbons (Fsp3) is 0.333. The fourth-order valence-electron chi connectivity index (χ4n) is 3.02. The fourth-order valence-corrected chi connectivity index (χ4v) is 3.02. The van der Waals surface area contributed by atoms with Crippen molar-refractivity contribution in [3.05, 3.63) is 48.0 Å². The van der Waals surface area contributed by atoms with E-state index in [0.717, 1.165) is 23.7 Å². The minimum absolute atomic E-state index is 0. The second-order valence-corrected chi connectivity index (χ2v) is 5.78. The Hall–Kier alpha value is -1.78. The van der Waals surface area contributed by atoms with Crippen molar-refractivity contribution in [2.24, 2.45) is 0 Å². The molecule has 0 radical (unpaired) electrons. The summed E-state index contributed by atoms with van der Waals surface area (Å²) in [6.45, 7) is 3.47. The molecule has 1 fully saturated rings. The van der Waals surface area contributed by atoms with Crippen LogP contribution in [-0.4, -0.2) is 19.9 Å². The van der Waals surface area contributed by atoms with Crippen molar-refractivity contribution in [1.82, 2.24) is 0 Å². The van der Waals surface area contributed by atoms with Crippen LogP contribution in [-0.2, 0) is 6.54 Å². The molecule has 2 aromatic carbocycles. The van der Waals surface area contributed by atoms with E-state index in [2.05, 4.69) is 40.5 Å². The molecule has 0 unspecified atom stereocenters. The second kappa shape index (κ2) is 8.36. The molecule has 6 heteroatoms. The van der Waals surface area contributed by atoms with E-state index in [4.69, 9.17) is 9.47 Å². The van der Waals surface area contributed by atoms with Gasteiger partial charge in [-0.1, -0.05) is 6.07 Å². The van der Waals surface area contributed by atoms with Crippen LogP contribution in [0.4, 0.5) is 11.4 Å². The molecule has 0 atom stereocenters. The van der Waals surface area contributed by atoms with Crippen molar-refractivity contribution in [1.29, 1.82) is 0 Å². The third-order valence-electron chi connectivity index (χ3n) is 4.27. The molecule has 2 aromatic rings. The zero-order valence-corrected chi connectivity index (χ0v) is 15.0. The highest BCUT2D eigenvalue weighted by atomic mass is 35.5. The molecule has 0 spiro atoms. The summed E-state index contributed by atoms with van der Waals surface area (Å²) in [5, 5.41) is 3.46. The molecular weight excluding hydrogens is 347 g/mol. The van der Waals surface area contributed by atoms with Gasteiger partial charge in [0.1, 0.15) is 0 Å². The van der Waals surface area contributed by atoms with E-state index in [1.54, 1.807) is 0 Å². The molecule has 1 saturated heterocycles. The minimum atomic E-state index is 0. The summed E-state index contributed by atoms with van der Waals surface area (Å²) in [5.41, 5.74) is 3.65. The quantitative estimate of drug-likeness (QED) is 0.862. The third kappa shape index (κ3) is 4.00. The van der Waals surface area contributed by atoms with Crippen LogP contribution in [0.25, 0.3) is 0 Å². The van der Waals surface area contributed by atoms with Crippen LogP contribution in [0.2, 0.25) is 0 Å². The van der Waals surface area contributed by atoms with E-state index in [-0.39, 0.29) is 24.8 Å². The lowest BCUT2D eigenvalue weighted by Gasteiger charge is -2.18. The van der Waals surface area contributed by atoms with E-state index in [9.17, 15) is 0 Å². The van der Waals surface area contributed by atoms with Crippen molar-refractivity contribution >= 4 is 36.2 Å². The second-order valence-electron chi connectivity index (χ2n) is 5.78. The summed E-state index contributed by atoms with van der Waals surface area (Å²) in [6, 6.07) is 14.8. The number of anilines is 2. The average Bonchev–Trinajstić information content (AvgIpc) is 3.24. The maximum atomic E-state index is 5.41. The van der Waals surface area contributed by atoms with Gasteiger partial charge in [-0.3, -0.25) is 0 Å². The van der Waals surface area contributed by atoms with Crippen LogP contribution in [0.3, 0.4) is 0 Å². The maximum absolute atomic E-state index is 5.41. The topological polar surface area (TPSA) is 33.7 Å². The monoisotopic (exact) mass is 368 g/mol. The van der Waals surface area contributed by atoms with E-state index in [0.29, 0.717) is 6.79 Å². The van der Waals surface area contributed by atoms with Gasteiger partial charge in [-0.25, -0.2) is 0 Å². The molecule has 130 valence electrons. The smallest absolute Gasteiger partial charge is 0.231 e. The molecule has 0 amide bonds. The van der Waals surface area contributed by atoms with Crippen LogP contribution in [0, 0.1) is 0 Å². The molecular formula is C18H22Cl2N2O2. The van der Waals surface area contributed by atoms with Gasteiger partial charge in [0.25, 0.3) is 0 Å². The first-order valence-corrected chi connectivity index (χ1v) is 7.86. The van der Waals surface area contributed by atoms with E-state index in [1.807, 2.05) is 12.1 Å². The van der Waals surface area contributed by atoms with Gasteiger partial charge in [0, 0.05) is 31.0 Å². The highest BCUT2D eigenvalue weighted by Crippen LogP contribution is 2.32. The van der Waals surface area contributed by atoms with Gasteiger partial charge in [0.2, 0.25) is 6.79 Å². The number of hydrogen-bond acceptors (Lipinski definition) is 4. The molecule has 4 nitrogen and oxygen atoms in total. The van der Waals surface area contributed by atoms with Crippen molar-refractivity contribution in [3.8, 4) is 11.5 Å². The zero-order chi connectivity index (χ0) is 14.8. The van der Waals surface area contributed by atoms with Gasteiger partial charge in [0.15, 0.2) is 11.5 Å². The Bertz CT molecular complexity index is 659. The number of benzene rings is 2. The van der Waals surface area contributed by atoms with Crippen LogP contribution >= 0.6 is 24.8 Å². The van der Waals surface area contributed by atoms with Crippen molar-refractivity contribution in [2.75, 3.05) is 30.1 Å². The number of rotatable bonds is 4. The highest BCUT2D eigenvalue weighted by Gasteiger charge is 2.13. The Labute approximate surface area is 155 Å². The molecule has 2 aliphatic heterocycles. The first kappa shape index (κ1) is 18.6. The molecule has 4 rings (SSSR count). The normalized spacial score (nSPS) is 14.8. The Morgan fingerprint density at radius 2 is 1.58 bits per heavy atom. The number of nitrogens with zero attached hydrogens (tertiary/aromatic N) is 1. The zero-order valence-electron chi connectivity index (χ0n) is 13.4. The lowest BCUT2D eigenvalue weighted by molar-refractivity contribution is 0.174. The Morgan fingerprint density at radius 1 is 0.875 bits per heavy atom. The largest absolute Gasteiger partial charge is 0.454 e. The molecule has 1 N–H and O–H groups in total. The summed E-state index contributed by atoms with van der Waals surface area (Å²) >= 11 is 0. The van der Waals surface area contributed by atoms with Crippen LogP contribution < -0.4 is 19.7 Å². The van der Waals surface area contributed by atoms with Crippen LogP contribution in [0.1, 0.15) is 18.4 Å². The Balaban J connectivity index is 0.00000104. The van der Waals surface area contributed by atoms with Crippen molar-refractivity contribution in [2.45, 2.75) is 19.4 Å². The van der Waals surface area contributed by atoms with E-state index < -0.39 is 0 Å². The van der Waals surface area contributed by atoms with Gasteiger partial charge in [0.05, 0.1) is 0 Å². The predicted molar refractivity (Wildman–Crippen MR) is 102 cm³/mol. The molecule has 0 aliphatic carbocycles. The van der Waals surface area contributed by atoms with Crippen molar-refractivity contribution in [3.63, 3.8) is 0 Å². The molecule has 2 heterocycles. The number of nitrogens with one attached hydrogen (secondary N) is 1. The summed E-state index contributed by atoms with van der Waals surface area (Å²) < 4.78 is 10.7. The summed E-state index contributed by atoms with van der Waals surface area (Å²) in [5.74, 6) is 1.67. The van der Waals surface area contributed by atoms with Gasteiger partial charge >= 0.3 is 0 Å². The highest BCUT2D eigenvalue weighted by molar-refractivity contribution is 5.85. The molecule has 0 aromatic heterocycles. The SMILES string of the molecule is Cl.Cl.c1cc2c(cc1CNc1ccc(N3CCCC3)cc1)OCO2. The van der Waals surface area contributed by atoms with Gasteiger partial charge in [-0.05, 0) is 54.8 Å². The lowest BCUT2D eigenvalue weighted by Crippen LogP contribution is -2.17. The standard InChI is InChI=1S/C18H20N2O2.2ClH/c1-2-10-20(9-1)16-6-4-15(5-7-16)19-12-14-3-8-17-18(11-14)22-13-21-17;;/h3-8,11,19H,1-2,9-10,12-13H2;2*1H. The van der Waals surface area contributed by atoms with E-state index >= 15 is 0 Å². The first-order chi connectivity index (χ1) is 10.9. The third-order valence-corrected chi connectivity index (χ3v) is 4.27. The maximum Gasteiger partial charge on any atom is 0.231 e. The summed E-state index contributed by atoms with van der Waals surface area (Å²) in [4.78, 5) is 2.45. The number of hydrogen-bond donors (Lipinski definition) is 1. The Morgan fingerprint density at radius 3 is 2.33 bits per heavy atom. The van der Waals surface area contributed by atoms with Gasteiger partial charge < -0.3 is 19.7 Å². The van der Waals surface area contributed by atoms with Gasteiger partial charge in [-0.15, -0.1) is 24.8 Å². The molecule has 0 bridgehead atoms. The molecule has 24 heavy (non-hydrogen) atoms. The average molecular weight is 369 g/mol. The summed E-state index contributed by atoms with van der Waals surface area (Å²) in [6.07, 6.45) is 2.62. The number of halogens is 2.